The topological polar surface area (TPSA) is 63.4 Å². The largest absolute Gasteiger partial charge is 0.370 e. The summed E-state index contributed by atoms with van der Waals surface area (Å²) in [7, 11) is -3.18. The summed E-state index contributed by atoms with van der Waals surface area (Å²) in [5.41, 5.74) is 7.02. The molecule has 1 aliphatic heterocycles. The predicted octanol–water partition coefficient (Wildman–Crippen LogP) is 1.65. The van der Waals surface area contributed by atoms with E-state index in [1.807, 2.05) is 12.1 Å². The Balaban J connectivity index is 1.93. The van der Waals surface area contributed by atoms with Crippen molar-refractivity contribution in [2.24, 2.45) is 17.6 Å². The molecule has 3 atom stereocenters. The second-order valence-electron chi connectivity index (χ2n) is 5.94. The number of rotatable bonds is 3. The van der Waals surface area contributed by atoms with Crippen molar-refractivity contribution in [3.63, 3.8) is 0 Å². The van der Waals surface area contributed by atoms with E-state index in [0.717, 1.165) is 25.2 Å². The van der Waals surface area contributed by atoms with Crippen molar-refractivity contribution in [2.75, 3.05) is 23.7 Å². The molecular weight excluding hydrogens is 272 g/mol. The fraction of sp³-hybridized carbons (Fsp3) is 0.600. The van der Waals surface area contributed by atoms with Gasteiger partial charge in [0.05, 0.1) is 16.3 Å². The second-order valence-corrected chi connectivity index (χ2v) is 8.19. The van der Waals surface area contributed by atoms with Gasteiger partial charge in [-0.15, -0.1) is 0 Å². The molecular formula is C15H22N2O2S. The molecule has 1 saturated heterocycles. The number of nitrogens with zero attached hydrogens (tertiary/aromatic N) is 1. The predicted molar refractivity (Wildman–Crippen MR) is 80.6 cm³/mol. The monoisotopic (exact) mass is 294 g/mol. The van der Waals surface area contributed by atoms with Crippen LogP contribution in [0.4, 0.5) is 5.69 Å². The van der Waals surface area contributed by atoms with E-state index in [9.17, 15) is 8.42 Å². The highest BCUT2D eigenvalue weighted by molar-refractivity contribution is 7.91. The average molecular weight is 294 g/mol. The summed E-state index contributed by atoms with van der Waals surface area (Å²) in [5, 5.41) is 0. The van der Waals surface area contributed by atoms with Crippen LogP contribution in [-0.4, -0.2) is 33.3 Å². The summed E-state index contributed by atoms with van der Waals surface area (Å²) < 4.78 is 24.5. The van der Waals surface area contributed by atoms with Crippen LogP contribution in [0.1, 0.15) is 19.8 Å². The summed E-state index contributed by atoms with van der Waals surface area (Å²) in [5.74, 6) is 1.29. The maximum atomic E-state index is 12.2. The third kappa shape index (κ3) is 2.23. The van der Waals surface area contributed by atoms with Crippen molar-refractivity contribution in [1.29, 1.82) is 0 Å². The zero-order valence-corrected chi connectivity index (χ0v) is 12.6. The molecule has 1 aliphatic carbocycles. The lowest BCUT2D eigenvalue weighted by Crippen LogP contribution is -2.30. The van der Waals surface area contributed by atoms with Crippen molar-refractivity contribution in [3.05, 3.63) is 24.3 Å². The Morgan fingerprint density at radius 2 is 2.00 bits per heavy atom. The van der Waals surface area contributed by atoms with Crippen molar-refractivity contribution in [1.82, 2.24) is 0 Å². The molecule has 2 aliphatic rings. The minimum atomic E-state index is -3.18. The minimum absolute atomic E-state index is 0.143. The SMILES string of the molecule is CCS(=O)(=O)c1ccccc1N1CC2CCC(N)C2C1. The smallest absolute Gasteiger partial charge is 0.180 e. The van der Waals surface area contributed by atoms with Crippen LogP contribution >= 0.6 is 0 Å². The molecule has 4 nitrogen and oxygen atoms in total. The normalized spacial score (nSPS) is 29.7. The number of para-hydroxylation sites is 1. The average Bonchev–Trinajstić information content (AvgIpc) is 3.01. The van der Waals surface area contributed by atoms with Crippen molar-refractivity contribution in [2.45, 2.75) is 30.7 Å². The highest BCUT2D eigenvalue weighted by atomic mass is 32.2. The van der Waals surface area contributed by atoms with Gasteiger partial charge in [-0.1, -0.05) is 19.1 Å². The van der Waals surface area contributed by atoms with Crippen molar-refractivity contribution >= 4 is 15.5 Å². The molecule has 0 spiro atoms. The van der Waals surface area contributed by atoms with E-state index in [0.29, 0.717) is 16.7 Å². The Labute approximate surface area is 120 Å². The lowest BCUT2D eigenvalue weighted by molar-refractivity contribution is 0.453. The first kappa shape index (κ1) is 13.9. The van der Waals surface area contributed by atoms with Gasteiger partial charge in [0.15, 0.2) is 9.84 Å². The summed E-state index contributed by atoms with van der Waals surface area (Å²) >= 11 is 0. The fourth-order valence-corrected chi connectivity index (χ4v) is 4.75. The van der Waals surface area contributed by atoms with Crippen LogP contribution in [0.3, 0.4) is 0 Å². The van der Waals surface area contributed by atoms with Crippen LogP contribution in [0.2, 0.25) is 0 Å². The van der Waals surface area contributed by atoms with Crippen molar-refractivity contribution < 1.29 is 8.42 Å². The molecule has 0 bridgehead atoms. The van der Waals surface area contributed by atoms with E-state index in [4.69, 9.17) is 5.73 Å². The van der Waals surface area contributed by atoms with Gasteiger partial charge in [-0.05, 0) is 36.8 Å². The summed E-state index contributed by atoms with van der Waals surface area (Å²) in [6, 6.07) is 7.64. The Bertz CT molecular complexity index is 600. The molecule has 110 valence electrons. The quantitative estimate of drug-likeness (QED) is 0.921. The molecule has 5 heteroatoms. The van der Waals surface area contributed by atoms with Gasteiger partial charge in [0.2, 0.25) is 0 Å². The molecule has 3 rings (SSSR count). The van der Waals surface area contributed by atoms with Gasteiger partial charge in [-0.2, -0.15) is 0 Å². The molecule has 0 radical (unpaired) electrons. The standard InChI is InChI=1S/C15H22N2O2S/c1-2-20(18,19)15-6-4-3-5-14(15)17-9-11-7-8-13(16)12(11)10-17/h3-6,11-13H,2,7-10,16H2,1H3. The van der Waals surface area contributed by atoms with Crippen LogP contribution in [0.15, 0.2) is 29.2 Å². The van der Waals surface area contributed by atoms with Crippen LogP contribution in [0, 0.1) is 11.8 Å². The Hall–Kier alpha value is -1.07. The minimum Gasteiger partial charge on any atom is -0.370 e. The van der Waals surface area contributed by atoms with Gasteiger partial charge in [-0.25, -0.2) is 8.42 Å². The van der Waals surface area contributed by atoms with E-state index in [1.54, 1.807) is 19.1 Å². The molecule has 2 fully saturated rings. The second kappa shape index (κ2) is 5.04. The molecule has 1 aromatic carbocycles. The maximum Gasteiger partial charge on any atom is 0.180 e. The highest BCUT2D eigenvalue weighted by Crippen LogP contribution is 2.40. The number of hydrogen-bond acceptors (Lipinski definition) is 4. The van der Waals surface area contributed by atoms with Gasteiger partial charge in [0, 0.05) is 19.1 Å². The molecule has 1 aromatic rings. The number of nitrogens with two attached hydrogens (primary N) is 1. The van der Waals surface area contributed by atoms with E-state index in [2.05, 4.69) is 4.90 Å². The highest BCUT2D eigenvalue weighted by Gasteiger charge is 2.41. The summed E-state index contributed by atoms with van der Waals surface area (Å²) in [6.07, 6.45) is 2.28. The lowest BCUT2D eigenvalue weighted by atomic mass is 9.98. The zero-order valence-electron chi connectivity index (χ0n) is 11.8. The Morgan fingerprint density at radius 3 is 2.70 bits per heavy atom. The molecule has 0 amide bonds. The first-order chi connectivity index (χ1) is 9.53. The molecule has 20 heavy (non-hydrogen) atoms. The third-order valence-electron chi connectivity index (χ3n) is 4.83. The van der Waals surface area contributed by atoms with E-state index in [1.165, 1.54) is 6.42 Å². The first-order valence-corrected chi connectivity index (χ1v) is 9.00. The number of fused-ring (bicyclic) bond motifs is 1. The Morgan fingerprint density at radius 1 is 1.25 bits per heavy atom. The van der Waals surface area contributed by atoms with Gasteiger partial charge >= 0.3 is 0 Å². The maximum absolute atomic E-state index is 12.2. The number of benzene rings is 1. The molecule has 3 unspecified atom stereocenters. The molecule has 2 N–H and O–H groups in total. The number of sulfone groups is 1. The van der Waals surface area contributed by atoms with Crippen LogP contribution in [0.5, 0.6) is 0 Å². The Kier molecular flexibility index (Phi) is 3.50. The first-order valence-electron chi connectivity index (χ1n) is 7.35. The van der Waals surface area contributed by atoms with Gasteiger partial charge in [0.25, 0.3) is 0 Å². The molecule has 1 heterocycles. The van der Waals surface area contributed by atoms with E-state index < -0.39 is 9.84 Å². The van der Waals surface area contributed by atoms with Crippen molar-refractivity contribution in [3.8, 4) is 0 Å². The van der Waals surface area contributed by atoms with Gasteiger partial charge in [-0.3, -0.25) is 0 Å². The van der Waals surface area contributed by atoms with Gasteiger partial charge in [0.1, 0.15) is 0 Å². The fourth-order valence-electron chi connectivity index (χ4n) is 3.64. The zero-order chi connectivity index (χ0) is 14.3. The van der Waals surface area contributed by atoms with Crippen LogP contribution in [0.25, 0.3) is 0 Å². The van der Waals surface area contributed by atoms with E-state index >= 15 is 0 Å². The van der Waals surface area contributed by atoms with Gasteiger partial charge < -0.3 is 10.6 Å². The van der Waals surface area contributed by atoms with Crippen LogP contribution in [-0.2, 0) is 9.84 Å². The summed E-state index contributed by atoms with van der Waals surface area (Å²) in [4.78, 5) is 2.69. The summed E-state index contributed by atoms with van der Waals surface area (Å²) in [6.45, 7) is 3.53. The third-order valence-corrected chi connectivity index (χ3v) is 6.61. The van der Waals surface area contributed by atoms with E-state index in [-0.39, 0.29) is 11.8 Å². The number of anilines is 1. The molecule has 0 aromatic heterocycles. The molecule has 1 saturated carbocycles. The van der Waals surface area contributed by atoms with Crippen LogP contribution < -0.4 is 10.6 Å². The lowest BCUT2D eigenvalue weighted by Gasteiger charge is -2.23. The number of hydrogen-bond donors (Lipinski definition) is 1.